The number of nitrogens with zero attached hydrogens (tertiary/aromatic N) is 2. The monoisotopic (exact) mass is 301 g/mol. The van der Waals surface area contributed by atoms with E-state index >= 15 is 0 Å². The van der Waals surface area contributed by atoms with E-state index < -0.39 is 0 Å². The lowest BCUT2D eigenvalue weighted by Gasteiger charge is -2.16. The number of aromatic amines is 1. The highest BCUT2D eigenvalue weighted by atomic mass is 19.1. The molecule has 1 aromatic carbocycles. The SMILES string of the molecule is CC(C)(C)c1cc(CN2CC[C@H](c3ccccc3F)C2)[nH]n1. The number of nitrogens with one attached hydrogen (secondary N) is 1. The standard InChI is InChI=1S/C18H24FN3/c1-18(2,3)17-10-14(20-21-17)12-22-9-8-13(11-22)15-6-4-5-7-16(15)19/h4-7,10,13H,8-9,11-12H2,1-3H3,(H,20,21)/t13-/m0/s1. The predicted molar refractivity (Wildman–Crippen MR) is 86.3 cm³/mol. The first-order valence-electron chi connectivity index (χ1n) is 7.95. The van der Waals surface area contributed by atoms with Gasteiger partial charge in [-0.05, 0) is 30.7 Å². The minimum atomic E-state index is -0.0779. The van der Waals surface area contributed by atoms with Gasteiger partial charge in [0.05, 0.1) is 5.69 Å². The number of likely N-dealkylation sites (tertiary alicyclic amines) is 1. The van der Waals surface area contributed by atoms with Crippen molar-refractivity contribution in [3.63, 3.8) is 0 Å². The molecule has 0 bridgehead atoms. The lowest BCUT2D eigenvalue weighted by Crippen LogP contribution is -2.20. The van der Waals surface area contributed by atoms with Crippen LogP contribution in [-0.2, 0) is 12.0 Å². The van der Waals surface area contributed by atoms with E-state index in [2.05, 4.69) is 41.9 Å². The molecule has 3 rings (SSSR count). The van der Waals surface area contributed by atoms with Gasteiger partial charge in [-0.25, -0.2) is 4.39 Å². The molecule has 2 aromatic rings. The van der Waals surface area contributed by atoms with Crippen LogP contribution in [0.25, 0.3) is 0 Å². The zero-order valence-corrected chi connectivity index (χ0v) is 13.6. The van der Waals surface area contributed by atoms with Crippen molar-refractivity contribution in [2.24, 2.45) is 0 Å². The zero-order valence-electron chi connectivity index (χ0n) is 13.6. The molecule has 1 aliphatic rings. The summed E-state index contributed by atoms with van der Waals surface area (Å²) in [5.74, 6) is 0.220. The summed E-state index contributed by atoms with van der Waals surface area (Å²) in [5.41, 5.74) is 3.14. The average Bonchev–Trinajstić information content (AvgIpc) is 3.09. The molecule has 1 saturated heterocycles. The molecule has 1 aliphatic heterocycles. The molecule has 0 radical (unpaired) electrons. The van der Waals surface area contributed by atoms with Gasteiger partial charge < -0.3 is 0 Å². The van der Waals surface area contributed by atoms with Crippen LogP contribution in [0.4, 0.5) is 4.39 Å². The minimum Gasteiger partial charge on any atom is -0.297 e. The van der Waals surface area contributed by atoms with E-state index in [-0.39, 0.29) is 11.2 Å². The van der Waals surface area contributed by atoms with Crippen LogP contribution >= 0.6 is 0 Å². The van der Waals surface area contributed by atoms with Gasteiger partial charge in [-0.15, -0.1) is 0 Å². The maximum atomic E-state index is 13.9. The first-order valence-corrected chi connectivity index (χ1v) is 7.95. The topological polar surface area (TPSA) is 31.9 Å². The second kappa shape index (κ2) is 5.84. The predicted octanol–water partition coefficient (Wildman–Crippen LogP) is 3.84. The minimum absolute atomic E-state index is 0.0649. The van der Waals surface area contributed by atoms with Crippen molar-refractivity contribution in [3.05, 3.63) is 53.1 Å². The molecule has 0 amide bonds. The number of hydrogen-bond donors (Lipinski definition) is 1. The van der Waals surface area contributed by atoms with Crippen molar-refractivity contribution in [3.8, 4) is 0 Å². The number of benzene rings is 1. The average molecular weight is 301 g/mol. The summed E-state index contributed by atoms with van der Waals surface area (Å²) in [5, 5.41) is 7.55. The van der Waals surface area contributed by atoms with Gasteiger partial charge in [-0.2, -0.15) is 5.10 Å². The maximum absolute atomic E-state index is 13.9. The van der Waals surface area contributed by atoms with E-state index in [9.17, 15) is 4.39 Å². The van der Waals surface area contributed by atoms with Gasteiger partial charge in [0.15, 0.2) is 0 Å². The molecule has 0 aliphatic carbocycles. The first-order chi connectivity index (χ1) is 10.4. The van der Waals surface area contributed by atoms with Crippen molar-refractivity contribution < 1.29 is 4.39 Å². The van der Waals surface area contributed by atoms with Crippen LogP contribution in [-0.4, -0.2) is 28.2 Å². The molecule has 1 N–H and O–H groups in total. The van der Waals surface area contributed by atoms with E-state index in [1.807, 2.05) is 12.1 Å². The Morgan fingerprint density at radius 1 is 1.32 bits per heavy atom. The Labute approximate surface area is 131 Å². The number of rotatable bonds is 3. The summed E-state index contributed by atoms with van der Waals surface area (Å²) in [6.45, 7) is 9.26. The number of hydrogen-bond acceptors (Lipinski definition) is 2. The van der Waals surface area contributed by atoms with Crippen molar-refractivity contribution in [1.29, 1.82) is 0 Å². The second-order valence-corrected chi connectivity index (χ2v) is 7.27. The van der Waals surface area contributed by atoms with E-state index in [1.165, 1.54) is 0 Å². The number of halogens is 1. The number of H-pyrrole nitrogens is 1. The molecule has 1 atom stereocenters. The third kappa shape index (κ3) is 3.22. The quantitative estimate of drug-likeness (QED) is 0.934. The lowest BCUT2D eigenvalue weighted by atomic mass is 9.92. The lowest BCUT2D eigenvalue weighted by molar-refractivity contribution is 0.322. The van der Waals surface area contributed by atoms with Gasteiger partial charge in [0.25, 0.3) is 0 Å². The Morgan fingerprint density at radius 2 is 2.09 bits per heavy atom. The second-order valence-electron chi connectivity index (χ2n) is 7.27. The summed E-state index contributed by atoms with van der Waals surface area (Å²) < 4.78 is 13.9. The molecule has 2 heterocycles. The van der Waals surface area contributed by atoms with Crippen molar-refractivity contribution in [2.75, 3.05) is 13.1 Å². The van der Waals surface area contributed by atoms with Crippen molar-refractivity contribution in [1.82, 2.24) is 15.1 Å². The fourth-order valence-corrected chi connectivity index (χ4v) is 3.10. The van der Waals surface area contributed by atoms with Crippen LogP contribution in [0.1, 0.15) is 50.1 Å². The molecule has 0 saturated carbocycles. The molecule has 1 fully saturated rings. The maximum Gasteiger partial charge on any atom is 0.126 e. The van der Waals surface area contributed by atoms with E-state index in [4.69, 9.17) is 0 Å². The molecule has 4 heteroatoms. The van der Waals surface area contributed by atoms with Crippen LogP contribution in [0.5, 0.6) is 0 Å². The Bertz CT molecular complexity index is 642. The Balaban J connectivity index is 1.64. The molecule has 0 unspecified atom stereocenters. The van der Waals surface area contributed by atoms with Gasteiger partial charge in [0.2, 0.25) is 0 Å². The number of aromatic nitrogens is 2. The van der Waals surface area contributed by atoms with Crippen molar-refractivity contribution in [2.45, 2.75) is 45.1 Å². The third-order valence-electron chi connectivity index (χ3n) is 4.41. The van der Waals surface area contributed by atoms with Gasteiger partial charge in [0.1, 0.15) is 5.82 Å². The van der Waals surface area contributed by atoms with Gasteiger partial charge >= 0.3 is 0 Å². The summed E-state index contributed by atoms with van der Waals surface area (Å²) in [7, 11) is 0. The Kier molecular flexibility index (Phi) is 4.04. The molecule has 22 heavy (non-hydrogen) atoms. The normalized spacial score (nSPS) is 19.7. The van der Waals surface area contributed by atoms with Gasteiger partial charge in [0, 0.05) is 30.1 Å². The molecular formula is C18H24FN3. The highest BCUT2D eigenvalue weighted by Gasteiger charge is 2.26. The zero-order chi connectivity index (χ0) is 15.7. The molecular weight excluding hydrogens is 277 g/mol. The highest BCUT2D eigenvalue weighted by molar-refractivity contribution is 5.23. The highest BCUT2D eigenvalue weighted by Crippen LogP contribution is 2.30. The van der Waals surface area contributed by atoms with Crippen LogP contribution in [0.3, 0.4) is 0 Å². The third-order valence-corrected chi connectivity index (χ3v) is 4.41. The Morgan fingerprint density at radius 3 is 2.77 bits per heavy atom. The van der Waals surface area contributed by atoms with Gasteiger partial charge in [-0.1, -0.05) is 39.0 Å². The molecule has 3 nitrogen and oxygen atoms in total. The summed E-state index contributed by atoms with van der Waals surface area (Å²) in [6.07, 6.45) is 1.02. The van der Waals surface area contributed by atoms with E-state index in [0.717, 1.165) is 43.0 Å². The summed E-state index contributed by atoms with van der Waals surface area (Å²) in [4.78, 5) is 2.37. The van der Waals surface area contributed by atoms with Gasteiger partial charge in [-0.3, -0.25) is 10.00 Å². The fraction of sp³-hybridized carbons (Fsp3) is 0.500. The van der Waals surface area contributed by atoms with E-state index in [1.54, 1.807) is 12.1 Å². The van der Waals surface area contributed by atoms with Crippen LogP contribution in [0.15, 0.2) is 30.3 Å². The summed E-state index contributed by atoms with van der Waals surface area (Å²) >= 11 is 0. The molecule has 118 valence electrons. The van der Waals surface area contributed by atoms with Crippen LogP contribution in [0, 0.1) is 5.82 Å². The van der Waals surface area contributed by atoms with Crippen LogP contribution < -0.4 is 0 Å². The largest absolute Gasteiger partial charge is 0.297 e. The smallest absolute Gasteiger partial charge is 0.126 e. The van der Waals surface area contributed by atoms with E-state index in [0.29, 0.717) is 5.92 Å². The van der Waals surface area contributed by atoms with Crippen LogP contribution in [0.2, 0.25) is 0 Å². The Hall–Kier alpha value is -1.68. The molecule has 0 spiro atoms. The van der Waals surface area contributed by atoms with Crippen molar-refractivity contribution >= 4 is 0 Å². The molecule has 1 aromatic heterocycles. The first kappa shape index (κ1) is 15.2. The fourth-order valence-electron chi connectivity index (χ4n) is 3.10. The summed E-state index contributed by atoms with van der Waals surface area (Å²) in [6, 6.07) is 9.30.